The minimum Gasteiger partial charge on any atom is -0.494 e. The second kappa shape index (κ2) is 5.83. The third-order valence-corrected chi connectivity index (χ3v) is 3.90. The first kappa shape index (κ1) is 14.2. The van der Waals surface area contributed by atoms with Crippen LogP contribution in [0.2, 0.25) is 0 Å². The van der Waals surface area contributed by atoms with Gasteiger partial charge in [-0.3, -0.25) is 0 Å². The van der Waals surface area contributed by atoms with Gasteiger partial charge in [0.25, 0.3) is 0 Å². The van der Waals surface area contributed by atoms with Crippen LogP contribution in [0.3, 0.4) is 0 Å². The quantitative estimate of drug-likeness (QED) is 0.821. The Kier molecular flexibility index (Phi) is 4.35. The third kappa shape index (κ3) is 3.21. The molecule has 2 atom stereocenters. The monoisotopic (exact) mass is 263 g/mol. The molecule has 1 aliphatic rings. The van der Waals surface area contributed by atoms with E-state index < -0.39 is 0 Å². The van der Waals surface area contributed by atoms with Crippen molar-refractivity contribution in [2.24, 2.45) is 5.73 Å². The summed E-state index contributed by atoms with van der Waals surface area (Å²) in [4.78, 5) is 0. The molecule has 0 radical (unpaired) electrons. The average molecular weight is 263 g/mol. The number of fused-ring (bicyclic) bond motifs is 1. The van der Waals surface area contributed by atoms with Crippen LogP contribution in [-0.2, 0) is 0 Å². The molecule has 19 heavy (non-hydrogen) atoms. The summed E-state index contributed by atoms with van der Waals surface area (Å²) in [5, 5.41) is 0. The van der Waals surface area contributed by atoms with Crippen molar-refractivity contribution in [2.45, 2.75) is 58.1 Å². The number of unbranched alkanes of at least 4 members (excludes halogenated alkanes) is 1. The van der Waals surface area contributed by atoms with Crippen LogP contribution < -0.4 is 15.2 Å². The number of hydrogen-bond acceptors (Lipinski definition) is 3. The van der Waals surface area contributed by atoms with Gasteiger partial charge in [-0.15, -0.1) is 0 Å². The summed E-state index contributed by atoms with van der Waals surface area (Å²) in [6, 6.07) is 6.03. The molecule has 0 bridgehead atoms. The van der Waals surface area contributed by atoms with Gasteiger partial charge in [-0.05, 0) is 38.0 Å². The summed E-state index contributed by atoms with van der Waals surface area (Å²) < 4.78 is 11.8. The largest absolute Gasteiger partial charge is 0.494 e. The molecule has 0 saturated heterocycles. The summed E-state index contributed by atoms with van der Waals surface area (Å²) in [5.74, 6) is 1.80. The maximum Gasteiger partial charge on any atom is 0.125 e. The summed E-state index contributed by atoms with van der Waals surface area (Å²) in [7, 11) is 0. The molecule has 0 aromatic heterocycles. The van der Waals surface area contributed by atoms with E-state index in [9.17, 15) is 0 Å². The number of nitrogens with two attached hydrogens (primary N) is 1. The van der Waals surface area contributed by atoms with Crippen LogP contribution in [0.4, 0.5) is 0 Å². The second-order valence-corrected chi connectivity index (χ2v) is 5.62. The Balaban J connectivity index is 2.15. The number of rotatable bonds is 5. The smallest absolute Gasteiger partial charge is 0.125 e. The van der Waals surface area contributed by atoms with E-state index in [1.165, 1.54) is 0 Å². The first-order chi connectivity index (χ1) is 9.08. The van der Waals surface area contributed by atoms with E-state index in [1.807, 2.05) is 18.2 Å². The highest BCUT2D eigenvalue weighted by Crippen LogP contribution is 2.41. The van der Waals surface area contributed by atoms with Crippen LogP contribution in [0.15, 0.2) is 18.2 Å². The van der Waals surface area contributed by atoms with Gasteiger partial charge < -0.3 is 15.2 Å². The molecule has 0 spiro atoms. The van der Waals surface area contributed by atoms with E-state index in [1.54, 1.807) is 0 Å². The maximum absolute atomic E-state index is 6.29. The molecule has 2 unspecified atom stereocenters. The molecule has 3 heteroatoms. The number of ether oxygens (including phenoxy) is 2. The zero-order chi connectivity index (χ0) is 13.9. The normalized spacial score (nSPS) is 25.6. The molecule has 0 saturated carbocycles. The van der Waals surface area contributed by atoms with Crippen LogP contribution in [0.1, 0.15) is 58.1 Å². The van der Waals surface area contributed by atoms with Gasteiger partial charge in [0, 0.05) is 18.0 Å². The molecule has 3 nitrogen and oxygen atoms in total. The Bertz CT molecular complexity index is 433. The number of benzene rings is 1. The fourth-order valence-corrected chi connectivity index (χ4v) is 2.43. The third-order valence-electron chi connectivity index (χ3n) is 3.90. The van der Waals surface area contributed by atoms with Crippen molar-refractivity contribution in [3.8, 4) is 11.5 Å². The molecule has 2 rings (SSSR count). The lowest BCUT2D eigenvalue weighted by Gasteiger charge is -2.38. The molecule has 0 fully saturated rings. The highest BCUT2D eigenvalue weighted by Gasteiger charge is 2.34. The van der Waals surface area contributed by atoms with E-state index in [4.69, 9.17) is 15.2 Å². The van der Waals surface area contributed by atoms with E-state index in [0.29, 0.717) is 0 Å². The Morgan fingerprint density at radius 1 is 1.42 bits per heavy atom. The van der Waals surface area contributed by atoms with Gasteiger partial charge >= 0.3 is 0 Å². The van der Waals surface area contributed by atoms with Gasteiger partial charge in [0.1, 0.15) is 17.1 Å². The van der Waals surface area contributed by atoms with Gasteiger partial charge in [0.15, 0.2) is 0 Å². The van der Waals surface area contributed by atoms with Crippen molar-refractivity contribution >= 4 is 0 Å². The predicted molar refractivity (Wildman–Crippen MR) is 77.7 cm³/mol. The van der Waals surface area contributed by atoms with Crippen molar-refractivity contribution in [2.75, 3.05) is 6.61 Å². The van der Waals surface area contributed by atoms with E-state index >= 15 is 0 Å². The van der Waals surface area contributed by atoms with Gasteiger partial charge in [-0.2, -0.15) is 0 Å². The zero-order valence-corrected chi connectivity index (χ0v) is 12.2. The van der Waals surface area contributed by atoms with Crippen LogP contribution in [-0.4, -0.2) is 12.2 Å². The SMILES string of the molecule is CCCCOc1ccc2c(c1)C(N)CC(C)(CC)O2. The Labute approximate surface area is 116 Å². The minimum absolute atomic E-state index is 0.0309. The molecule has 1 aliphatic heterocycles. The molecule has 0 aliphatic carbocycles. The molecule has 1 aromatic carbocycles. The van der Waals surface area contributed by atoms with Crippen molar-refractivity contribution in [3.63, 3.8) is 0 Å². The lowest BCUT2D eigenvalue weighted by atomic mass is 9.87. The molecule has 0 amide bonds. The Morgan fingerprint density at radius 2 is 2.21 bits per heavy atom. The molecule has 2 N–H and O–H groups in total. The first-order valence-corrected chi connectivity index (χ1v) is 7.29. The highest BCUT2D eigenvalue weighted by atomic mass is 16.5. The van der Waals surface area contributed by atoms with E-state index in [2.05, 4.69) is 20.8 Å². The van der Waals surface area contributed by atoms with Gasteiger partial charge in [-0.1, -0.05) is 20.3 Å². The highest BCUT2D eigenvalue weighted by molar-refractivity contribution is 5.44. The standard InChI is InChI=1S/C16H25NO2/c1-4-6-9-18-12-7-8-15-13(10-12)14(17)11-16(3,5-2)19-15/h7-8,10,14H,4-6,9,11,17H2,1-3H3. The van der Waals surface area contributed by atoms with Crippen molar-refractivity contribution < 1.29 is 9.47 Å². The lowest BCUT2D eigenvalue weighted by molar-refractivity contribution is 0.0501. The predicted octanol–water partition coefficient (Wildman–Crippen LogP) is 3.82. The van der Waals surface area contributed by atoms with Crippen molar-refractivity contribution in [1.29, 1.82) is 0 Å². The summed E-state index contributed by atoms with van der Waals surface area (Å²) in [5.41, 5.74) is 7.21. The lowest BCUT2D eigenvalue weighted by Crippen LogP contribution is -2.39. The Morgan fingerprint density at radius 3 is 2.89 bits per heavy atom. The molecular weight excluding hydrogens is 238 g/mol. The molecular formula is C16H25NO2. The zero-order valence-electron chi connectivity index (χ0n) is 12.2. The molecule has 1 aromatic rings. The van der Waals surface area contributed by atoms with E-state index in [-0.39, 0.29) is 11.6 Å². The van der Waals surface area contributed by atoms with Crippen LogP contribution in [0, 0.1) is 0 Å². The second-order valence-electron chi connectivity index (χ2n) is 5.62. The fourth-order valence-electron chi connectivity index (χ4n) is 2.43. The summed E-state index contributed by atoms with van der Waals surface area (Å²) >= 11 is 0. The number of hydrogen-bond donors (Lipinski definition) is 1. The first-order valence-electron chi connectivity index (χ1n) is 7.29. The fraction of sp³-hybridized carbons (Fsp3) is 0.625. The molecule has 1 heterocycles. The maximum atomic E-state index is 6.29. The molecule has 106 valence electrons. The topological polar surface area (TPSA) is 44.5 Å². The van der Waals surface area contributed by atoms with E-state index in [0.717, 1.165) is 49.4 Å². The van der Waals surface area contributed by atoms with Gasteiger partial charge in [-0.25, -0.2) is 0 Å². The summed E-state index contributed by atoms with van der Waals surface area (Å²) in [6.07, 6.45) is 4.04. The summed E-state index contributed by atoms with van der Waals surface area (Å²) in [6.45, 7) is 7.19. The van der Waals surface area contributed by atoms with Crippen LogP contribution in [0.25, 0.3) is 0 Å². The minimum atomic E-state index is -0.142. The van der Waals surface area contributed by atoms with Crippen LogP contribution >= 0.6 is 0 Å². The van der Waals surface area contributed by atoms with Crippen LogP contribution in [0.5, 0.6) is 11.5 Å². The van der Waals surface area contributed by atoms with Crippen molar-refractivity contribution in [1.82, 2.24) is 0 Å². The Hall–Kier alpha value is -1.22. The average Bonchev–Trinajstić information content (AvgIpc) is 2.40. The van der Waals surface area contributed by atoms with Gasteiger partial charge in [0.2, 0.25) is 0 Å². The van der Waals surface area contributed by atoms with Gasteiger partial charge in [0.05, 0.1) is 6.61 Å². The van der Waals surface area contributed by atoms with Crippen molar-refractivity contribution in [3.05, 3.63) is 23.8 Å².